The summed E-state index contributed by atoms with van der Waals surface area (Å²) in [7, 11) is 1.50. The molecule has 0 spiro atoms. The second-order valence-electron chi connectivity index (χ2n) is 12.8. The van der Waals surface area contributed by atoms with E-state index in [4.69, 9.17) is 4.74 Å². The van der Waals surface area contributed by atoms with Gasteiger partial charge in [-0.15, -0.1) is 12.4 Å². The van der Waals surface area contributed by atoms with Crippen molar-refractivity contribution in [2.24, 2.45) is 5.92 Å². The van der Waals surface area contributed by atoms with Gasteiger partial charge in [0.05, 0.1) is 25.3 Å². The molecular formula is C36H44ClN5O6. The van der Waals surface area contributed by atoms with Crippen LogP contribution in [-0.2, 0) is 16.1 Å². The third-order valence-electron chi connectivity index (χ3n) is 8.95. The smallest absolute Gasteiger partial charge is 0.328 e. The number of benzene rings is 3. The molecule has 3 aromatic carbocycles. The third-order valence-corrected chi connectivity index (χ3v) is 8.95. The summed E-state index contributed by atoms with van der Waals surface area (Å²) in [4.78, 5) is 55.3. The Bertz CT molecular complexity index is 1630. The van der Waals surface area contributed by atoms with Crippen molar-refractivity contribution < 1.29 is 29.0 Å². The Morgan fingerprint density at radius 1 is 0.979 bits per heavy atom. The van der Waals surface area contributed by atoms with E-state index >= 15 is 0 Å². The highest BCUT2D eigenvalue weighted by Gasteiger charge is 2.53. The van der Waals surface area contributed by atoms with Gasteiger partial charge < -0.3 is 30.7 Å². The van der Waals surface area contributed by atoms with Crippen molar-refractivity contribution >= 4 is 47.7 Å². The van der Waals surface area contributed by atoms with E-state index in [2.05, 4.69) is 16.0 Å². The number of carboxylic acid groups (broad SMARTS) is 1. The maximum atomic E-state index is 14.1. The Balaban J connectivity index is 0.00000520. The number of hydrogen-bond donors (Lipinski definition) is 4. The molecule has 5 rings (SSSR count). The lowest BCUT2D eigenvalue weighted by atomic mass is 10.0. The van der Waals surface area contributed by atoms with Crippen LogP contribution in [0.4, 0.5) is 21.0 Å². The molecule has 0 aromatic heterocycles. The standard InChI is InChI=1S/C36H43N5O6.ClH/c1-23-10-8-9-13-28(23)38-34(45)39-29-17-16-25(19-31(29)47-4)22-40-35(46)41(33(44)36(40,2)3)27(18-24-14-15-24)21-37-30(20-32(42)43)26-11-6-5-7-12-26;/h5-13,16-17,19,24,27,30,37H,14-15,18,20-22H2,1-4H3,(H,42,43)(H2,38,39,45);1H/t27-,30-;/m0./s1. The second kappa shape index (κ2) is 15.5. The van der Waals surface area contributed by atoms with E-state index < -0.39 is 29.6 Å². The molecule has 3 aromatic rings. The molecule has 1 saturated carbocycles. The molecular weight excluding hydrogens is 634 g/mol. The van der Waals surface area contributed by atoms with E-state index in [9.17, 15) is 24.3 Å². The lowest BCUT2D eigenvalue weighted by Gasteiger charge is -2.29. The average molecular weight is 678 g/mol. The summed E-state index contributed by atoms with van der Waals surface area (Å²) < 4.78 is 5.58. The van der Waals surface area contributed by atoms with E-state index in [1.165, 1.54) is 12.0 Å². The molecule has 0 bridgehead atoms. The first-order valence-electron chi connectivity index (χ1n) is 15.9. The zero-order chi connectivity index (χ0) is 33.7. The summed E-state index contributed by atoms with van der Waals surface area (Å²) in [6.45, 7) is 5.83. The molecule has 2 fully saturated rings. The summed E-state index contributed by atoms with van der Waals surface area (Å²) >= 11 is 0. The third kappa shape index (κ3) is 8.45. The van der Waals surface area contributed by atoms with Crippen LogP contribution < -0.4 is 20.7 Å². The number of aliphatic carboxylic acids is 1. The van der Waals surface area contributed by atoms with E-state index in [0.717, 1.165) is 29.5 Å². The molecule has 256 valence electrons. The minimum absolute atomic E-state index is 0. The van der Waals surface area contributed by atoms with Crippen LogP contribution in [0.2, 0.25) is 0 Å². The van der Waals surface area contributed by atoms with Crippen molar-refractivity contribution in [2.45, 2.75) is 70.6 Å². The first kappa shape index (κ1) is 36.2. The van der Waals surface area contributed by atoms with E-state index in [0.29, 0.717) is 29.5 Å². The summed E-state index contributed by atoms with van der Waals surface area (Å²) in [6, 6.07) is 20.4. The molecule has 0 unspecified atom stereocenters. The van der Waals surface area contributed by atoms with Crippen molar-refractivity contribution in [3.63, 3.8) is 0 Å². The molecule has 1 aliphatic heterocycles. The zero-order valence-electron chi connectivity index (χ0n) is 27.7. The Morgan fingerprint density at radius 2 is 1.65 bits per heavy atom. The van der Waals surface area contributed by atoms with Crippen molar-refractivity contribution in [1.29, 1.82) is 0 Å². The molecule has 1 heterocycles. The molecule has 0 radical (unpaired) electrons. The maximum Gasteiger partial charge on any atom is 0.328 e. The van der Waals surface area contributed by atoms with Gasteiger partial charge in [-0.05, 0) is 68.0 Å². The van der Waals surface area contributed by atoms with Gasteiger partial charge in [0, 0.05) is 24.8 Å². The van der Waals surface area contributed by atoms with Gasteiger partial charge in [0.2, 0.25) is 0 Å². The van der Waals surface area contributed by atoms with Gasteiger partial charge in [0.15, 0.2) is 0 Å². The zero-order valence-corrected chi connectivity index (χ0v) is 28.5. The number of hydrogen-bond acceptors (Lipinski definition) is 6. The predicted molar refractivity (Wildman–Crippen MR) is 186 cm³/mol. The lowest BCUT2D eigenvalue weighted by Crippen LogP contribution is -2.48. The fraction of sp³-hybridized carbons (Fsp3) is 0.389. The average Bonchev–Trinajstić information content (AvgIpc) is 3.85. The number of nitrogens with one attached hydrogen (secondary N) is 3. The molecule has 1 saturated heterocycles. The Labute approximate surface area is 287 Å². The molecule has 4 N–H and O–H groups in total. The number of anilines is 2. The molecule has 1 aliphatic carbocycles. The molecule has 5 amide bonds. The Hall–Kier alpha value is -4.61. The van der Waals surface area contributed by atoms with Crippen molar-refractivity contribution in [1.82, 2.24) is 15.1 Å². The van der Waals surface area contributed by atoms with Crippen LogP contribution >= 0.6 is 12.4 Å². The van der Waals surface area contributed by atoms with Gasteiger partial charge >= 0.3 is 18.0 Å². The molecule has 11 nitrogen and oxygen atoms in total. The van der Waals surface area contributed by atoms with Gasteiger partial charge in [-0.1, -0.05) is 67.4 Å². The summed E-state index contributed by atoms with van der Waals surface area (Å²) in [6.07, 6.45) is 2.61. The number of halogens is 1. The number of rotatable bonds is 14. The largest absolute Gasteiger partial charge is 0.495 e. The van der Waals surface area contributed by atoms with Crippen molar-refractivity contribution in [2.75, 3.05) is 24.3 Å². The highest BCUT2D eigenvalue weighted by molar-refractivity contribution is 6.07. The van der Waals surface area contributed by atoms with Crippen LogP contribution in [0.3, 0.4) is 0 Å². The van der Waals surface area contributed by atoms with Crippen molar-refractivity contribution in [3.8, 4) is 5.75 Å². The van der Waals surface area contributed by atoms with Crippen LogP contribution in [0.15, 0.2) is 72.8 Å². The maximum absolute atomic E-state index is 14.1. The van der Waals surface area contributed by atoms with Crippen LogP contribution in [0.1, 0.15) is 62.3 Å². The Kier molecular flexibility index (Phi) is 11.7. The molecule has 2 atom stereocenters. The number of para-hydroxylation sites is 1. The van der Waals surface area contributed by atoms with Crippen molar-refractivity contribution in [3.05, 3.63) is 89.5 Å². The van der Waals surface area contributed by atoms with Gasteiger partial charge in [-0.3, -0.25) is 14.5 Å². The fourth-order valence-corrected chi connectivity index (χ4v) is 6.03. The minimum Gasteiger partial charge on any atom is -0.495 e. The number of carboxylic acids is 1. The molecule has 2 aliphatic rings. The summed E-state index contributed by atoms with van der Waals surface area (Å²) in [5, 5.41) is 18.6. The number of methoxy groups -OCH3 is 1. The van der Waals surface area contributed by atoms with E-state index in [1.807, 2.05) is 61.5 Å². The number of ether oxygens (including phenoxy) is 1. The first-order valence-corrected chi connectivity index (χ1v) is 15.9. The van der Waals surface area contributed by atoms with Crippen LogP contribution in [0, 0.1) is 12.8 Å². The molecule has 48 heavy (non-hydrogen) atoms. The quantitative estimate of drug-likeness (QED) is 0.141. The highest BCUT2D eigenvalue weighted by Crippen LogP contribution is 2.39. The Morgan fingerprint density at radius 3 is 2.29 bits per heavy atom. The normalized spacial score (nSPS) is 16.6. The number of carbonyl (C=O) groups excluding carboxylic acids is 3. The highest BCUT2D eigenvalue weighted by atomic mass is 35.5. The fourth-order valence-electron chi connectivity index (χ4n) is 6.03. The van der Waals surface area contributed by atoms with Gasteiger partial charge in [0.1, 0.15) is 11.3 Å². The predicted octanol–water partition coefficient (Wildman–Crippen LogP) is 6.59. The van der Waals surface area contributed by atoms with E-state index in [-0.39, 0.29) is 43.9 Å². The molecule has 12 heteroatoms. The van der Waals surface area contributed by atoms with E-state index in [1.54, 1.807) is 36.9 Å². The number of urea groups is 2. The topological polar surface area (TPSA) is 140 Å². The lowest BCUT2D eigenvalue weighted by molar-refractivity contribution is -0.138. The minimum atomic E-state index is -1.11. The summed E-state index contributed by atoms with van der Waals surface area (Å²) in [5.74, 6) is -0.394. The van der Waals surface area contributed by atoms with Gasteiger partial charge in [-0.25, -0.2) is 9.59 Å². The van der Waals surface area contributed by atoms with Crippen LogP contribution in [0.25, 0.3) is 0 Å². The van der Waals surface area contributed by atoms with Crippen LogP contribution in [-0.4, -0.2) is 64.1 Å². The van der Waals surface area contributed by atoms with Gasteiger partial charge in [0.25, 0.3) is 5.91 Å². The first-order chi connectivity index (χ1) is 22.5. The monoisotopic (exact) mass is 677 g/mol. The number of carbonyl (C=O) groups is 4. The number of nitrogens with zero attached hydrogens (tertiary/aromatic N) is 2. The number of amides is 5. The summed E-state index contributed by atoms with van der Waals surface area (Å²) in [5.41, 5.74) is 2.52. The number of imide groups is 1. The van der Waals surface area contributed by atoms with Crippen LogP contribution in [0.5, 0.6) is 5.75 Å². The van der Waals surface area contributed by atoms with Gasteiger partial charge in [-0.2, -0.15) is 0 Å². The SMILES string of the molecule is COc1cc(CN2C(=O)N([C@H](CN[C@@H](CC(=O)O)c3ccccc3)CC3CC3)C(=O)C2(C)C)ccc1NC(=O)Nc1ccccc1C.Cl. The number of aryl methyl sites for hydroxylation is 1. The second-order valence-corrected chi connectivity index (χ2v) is 12.8.